The van der Waals surface area contributed by atoms with Crippen molar-refractivity contribution in [3.05, 3.63) is 72.7 Å². The second-order valence-electron chi connectivity index (χ2n) is 6.72. The van der Waals surface area contributed by atoms with Gasteiger partial charge in [0.25, 0.3) is 11.5 Å². The molecule has 0 bridgehead atoms. The second-order valence-corrected chi connectivity index (χ2v) is 6.72. The number of aromatic nitrogens is 5. The van der Waals surface area contributed by atoms with Crippen molar-refractivity contribution in [3.63, 3.8) is 0 Å². The number of hydrogen-bond acceptors (Lipinski definition) is 2. The molecule has 26 heavy (non-hydrogen) atoms. The third-order valence-corrected chi connectivity index (χ3v) is 5.34. The summed E-state index contributed by atoms with van der Waals surface area (Å²) < 4.78 is 6.98. The Bertz CT molecular complexity index is 1310. The van der Waals surface area contributed by atoms with E-state index in [0.29, 0.717) is 0 Å². The first-order chi connectivity index (χ1) is 12.8. The van der Waals surface area contributed by atoms with Crippen LogP contribution in [0.5, 0.6) is 0 Å². The Morgan fingerprint density at radius 2 is 1.88 bits per heavy atom. The highest BCUT2D eigenvalue weighted by atomic mass is 15.3. The molecular formula is C21H16N5+. The monoisotopic (exact) mass is 338 g/mol. The fourth-order valence-electron chi connectivity index (χ4n) is 4.24. The molecule has 0 saturated carbocycles. The highest BCUT2D eigenvalue weighted by Gasteiger charge is 2.38. The van der Waals surface area contributed by atoms with Gasteiger partial charge < -0.3 is 4.57 Å². The Kier molecular flexibility index (Phi) is 2.54. The normalized spacial score (nSPS) is 12.7. The van der Waals surface area contributed by atoms with Gasteiger partial charge in [0.1, 0.15) is 17.7 Å². The highest BCUT2D eigenvalue weighted by Crippen LogP contribution is 2.36. The zero-order chi connectivity index (χ0) is 17.3. The number of pyridine rings is 2. The van der Waals surface area contributed by atoms with Crippen LogP contribution in [0.2, 0.25) is 0 Å². The number of rotatable bonds is 1. The first-order valence-corrected chi connectivity index (χ1v) is 8.71. The SMILES string of the molecule is Cn1c2cccnc2c2c1n(-c1ccccc1)c1[n+]2Cc2cnccc2-1. The predicted molar refractivity (Wildman–Crippen MR) is 100 cm³/mol. The van der Waals surface area contributed by atoms with Crippen molar-refractivity contribution in [2.45, 2.75) is 6.54 Å². The third kappa shape index (κ3) is 1.57. The van der Waals surface area contributed by atoms with E-state index in [9.17, 15) is 0 Å². The van der Waals surface area contributed by atoms with Gasteiger partial charge >= 0.3 is 0 Å². The molecule has 0 amide bonds. The first-order valence-electron chi connectivity index (χ1n) is 8.71. The Morgan fingerprint density at radius 3 is 2.77 bits per heavy atom. The van der Waals surface area contributed by atoms with Crippen LogP contribution < -0.4 is 4.57 Å². The van der Waals surface area contributed by atoms with E-state index in [0.717, 1.165) is 23.3 Å². The molecule has 1 aliphatic heterocycles. The van der Waals surface area contributed by atoms with E-state index in [2.05, 4.69) is 68.2 Å². The summed E-state index contributed by atoms with van der Waals surface area (Å²) in [5, 5.41) is 0. The summed E-state index contributed by atoms with van der Waals surface area (Å²) in [6.45, 7) is 0.824. The molecule has 0 saturated heterocycles. The van der Waals surface area contributed by atoms with E-state index in [4.69, 9.17) is 4.98 Å². The number of nitrogens with zero attached hydrogens (tertiary/aromatic N) is 5. The molecule has 0 N–H and O–H groups in total. The summed E-state index contributed by atoms with van der Waals surface area (Å²) in [6, 6.07) is 16.8. The van der Waals surface area contributed by atoms with Crippen molar-refractivity contribution in [1.82, 2.24) is 19.1 Å². The lowest BCUT2D eigenvalue weighted by Crippen LogP contribution is -2.31. The predicted octanol–water partition coefficient (Wildman–Crippen LogP) is 3.23. The number of imidazole rings is 1. The molecule has 5 aromatic rings. The summed E-state index contributed by atoms with van der Waals surface area (Å²) in [5.41, 5.74) is 8.18. The van der Waals surface area contributed by atoms with Gasteiger partial charge in [0.2, 0.25) is 5.52 Å². The van der Waals surface area contributed by atoms with Gasteiger partial charge in [-0.05, 0) is 30.3 Å². The minimum atomic E-state index is 0.824. The van der Waals surface area contributed by atoms with Crippen LogP contribution in [0.1, 0.15) is 5.56 Å². The van der Waals surface area contributed by atoms with Crippen LogP contribution in [0, 0.1) is 0 Å². The van der Waals surface area contributed by atoms with Crippen LogP contribution >= 0.6 is 0 Å². The van der Waals surface area contributed by atoms with Gasteiger partial charge in [-0.15, -0.1) is 0 Å². The molecule has 6 rings (SSSR count). The van der Waals surface area contributed by atoms with Gasteiger partial charge in [0, 0.05) is 31.2 Å². The third-order valence-electron chi connectivity index (χ3n) is 5.34. The molecule has 0 unspecified atom stereocenters. The van der Waals surface area contributed by atoms with Crippen molar-refractivity contribution < 1.29 is 4.57 Å². The maximum Gasteiger partial charge on any atom is 0.297 e. The number of aryl methyl sites for hydroxylation is 1. The van der Waals surface area contributed by atoms with E-state index < -0.39 is 0 Å². The molecule has 0 radical (unpaired) electrons. The Balaban J connectivity index is 1.87. The summed E-state index contributed by atoms with van der Waals surface area (Å²) in [6.07, 6.45) is 5.72. The molecule has 0 spiro atoms. The summed E-state index contributed by atoms with van der Waals surface area (Å²) in [7, 11) is 2.12. The zero-order valence-electron chi connectivity index (χ0n) is 14.3. The molecule has 0 aliphatic carbocycles. The van der Waals surface area contributed by atoms with Crippen LogP contribution in [0.4, 0.5) is 0 Å². The average Bonchev–Trinajstić information content (AvgIpc) is 3.31. The number of hydrogen-bond donors (Lipinski definition) is 0. The largest absolute Gasteiger partial charge is 0.306 e. The van der Waals surface area contributed by atoms with Crippen LogP contribution in [-0.4, -0.2) is 19.1 Å². The minimum Gasteiger partial charge on any atom is -0.306 e. The molecular weight excluding hydrogens is 322 g/mol. The summed E-state index contributed by atoms with van der Waals surface area (Å²) in [4.78, 5) is 9.03. The molecule has 5 heterocycles. The lowest BCUT2D eigenvalue weighted by atomic mass is 10.1. The van der Waals surface area contributed by atoms with Gasteiger partial charge in [-0.25, -0.2) is 9.55 Å². The van der Waals surface area contributed by atoms with E-state index in [-0.39, 0.29) is 0 Å². The van der Waals surface area contributed by atoms with Gasteiger partial charge in [-0.1, -0.05) is 18.2 Å². The fourth-order valence-corrected chi connectivity index (χ4v) is 4.24. The molecule has 5 nitrogen and oxygen atoms in total. The topological polar surface area (TPSA) is 39.5 Å². The van der Waals surface area contributed by atoms with Crippen molar-refractivity contribution in [2.75, 3.05) is 0 Å². The molecule has 4 aromatic heterocycles. The molecule has 0 fully saturated rings. The number of fused-ring (bicyclic) bond motifs is 7. The molecule has 5 heteroatoms. The smallest absolute Gasteiger partial charge is 0.297 e. The quantitative estimate of drug-likeness (QED) is 0.432. The molecule has 0 atom stereocenters. The zero-order valence-corrected chi connectivity index (χ0v) is 14.3. The van der Waals surface area contributed by atoms with Crippen LogP contribution in [0.15, 0.2) is 67.1 Å². The van der Waals surface area contributed by atoms with Crippen LogP contribution in [0.25, 0.3) is 39.3 Å². The fraction of sp³-hybridized carbons (Fsp3) is 0.0952. The second kappa shape index (κ2) is 4.79. The van der Waals surface area contributed by atoms with Crippen LogP contribution in [-0.2, 0) is 13.6 Å². The van der Waals surface area contributed by atoms with E-state index in [1.807, 2.05) is 24.7 Å². The van der Waals surface area contributed by atoms with Crippen LogP contribution in [0.3, 0.4) is 0 Å². The molecule has 1 aromatic carbocycles. The van der Waals surface area contributed by atoms with Crippen molar-refractivity contribution >= 4 is 22.2 Å². The molecule has 1 aliphatic rings. The van der Waals surface area contributed by atoms with Crippen molar-refractivity contribution in [2.24, 2.45) is 7.05 Å². The lowest BCUT2D eigenvalue weighted by molar-refractivity contribution is -0.645. The number of para-hydroxylation sites is 1. The Hall–Kier alpha value is -3.47. The standard InChI is InChI=1S/C21H16N5/c1-24-17-8-5-10-23-18(17)19-21(24)26(15-6-3-2-4-7-15)20-16-9-11-22-12-14(16)13-25(19)20/h2-12H,13H2,1H3/q+1. The Morgan fingerprint density at radius 1 is 1.00 bits per heavy atom. The molecule has 124 valence electrons. The minimum absolute atomic E-state index is 0.824. The van der Waals surface area contributed by atoms with E-state index in [1.54, 1.807) is 0 Å². The first kappa shape index (κ1) is 13.8. The maximum absolute atomic E-state index is 4.71. The van der Waals surface area contributed by atoms with Gasteiger partial charge in [0.15, 0.2) is 0 Å². The van der Waals surface area contributed by atoms with Gasteiger partial charge in [-0.2, -0.15) is 4.57 Å². The maximum atomic E-state index is 4.71. The lowest BCUT2D eigenvalue weighted by Gasteiger charge is -2.03. The van der Waals surface area contributed by atoms with Gasteiger partial charge in [0.05, 0.1) is 11.1 Å². The number of benzene rings is 1. The summed E-state index contributed by atoms with van der Waals surface area (Å²) >= 11 is 0. The highest BCUT2D eigenvalue weighted by molar-refractivity contribution is 6.01. The van der Waals surface area contributed by atoms with Crippen molar-refractivity contribution in [3.8, 4) is 17.1 Å². The van der Waals surface area contributed by atoms with Gasteiger partial charge in [-0.3, -0.25) is 4.98 Å². The summed E-state index contributed by atoms with van der Waals surface area (Å²) in [5.74, 6) is 1.20. The van der Waals surface area contributed by atoms with E-state index in [1.165, 1.54) is 28.1 Å². The average molecular weight is 338 g/mol. The van der Waals surface area contributed by atoms with E-state index >= 15 is 0 Å². The Labute approximate surface area is 149 Å². The van der Waals surface area contributed by atoms with Crippen molar-refractivity contribution in [1.29, 1.82) is 0 Å².